The predicted octanol–water partition coefficient (Wildman–Crippen LogP) is 5.88. The molecule has 2 unspecified atom stereocenters. The lowest BCUT2D eigenvalue weighted by atomic mass is 10.0. The second-order valence-electron chi connectivity index (χ2n) is 7.37. The fraction of sp³-hybridized carbons (Fsp3) is 1.00. The van der Waals surface area contributed by atoms with Gasteiger partial charge in [-0.25, -0.2) is 0 Å². The van der Waals surface area contributed by atoms with E-state index < -0.39 is 12.5 Å². The summed E-state index contributed by atoms with van der Waals surface area (Å²) in [5.41, 5.74) is 0. The van der Waals surface area contributed by atoms with Crippen LogP contribution in [0.3, 0.4) is 0 Å². The molecule has 0 rings (SSSR count). The molecule has 0 saturated carbocycles. The summed E-state index contributed by atoms with van der Waals surface area (Å²) in [6.07, 6.45) is 19.9. The van der Waals surface area contributed by atoms with E-state index in [0.717, 1.165) is 32.1 Å². The zero-order valence-electron chi connectivity index (χ0n) is 16.6. The van der Waals surface area contributed by atoms with Crippen LogP contribution in [0.1, 0.15) is 123 Å². The lowest BCUT2D eigenvalue weighted by molar-refractivity contribution is 0.0312. The molecule has 2 atom stereocenters. The SMILES string of the molecule is CCCCCCCCCCCCCCCC(O)NC(O)CCCC. The van der Waals surface area contributed by atoms with Gasteiger partial charge in [0.2, 0.25) is 0 Å². The fourth-order valence-corrected chi connectivity index (χ4v) is 3.14. The van der Waals surface area contributed by atoms with Gasteiger partial charge in [0.1, 0.15) is 12.5 Å². The first-order valence-corrected chi connectivity index (χ1v) is 10.8. The van der Waals surface area contributed by atoms with Gasteiger partial charge < -0.3 is 10.2 Å². The van der Waals surface area contributed by atoms with Crippen LogP contribution in [0.4, 0.5) is 0 Å². The molecule has 3 nitrogen and oxygen atoms in total. The Morgan fingerprint density at radius 3 is 1.25 bits per heavy atom. The van der Waals surface area contributed by atoms with E-state index in [0.29, 0.717) is 0 Å². The maximum atomic E-state index is 9.82. The molecular formula is C21H45NO2. The van der Waals surface area contributed by atoms with E-state index in [1.807, 2.05) is 0 Å². The van der Waals surface area contributed by atoms with Crippen molar-refractivity contribution in [2.45, 2.75) is 135 Å². The van der Waals surface area contributed by atoms with Crippen LogP contribution in [-0.4, -0.2) is 22.7 Å². The Morgan fingerprint density at radius 2 is 0.833 bits per heavy atom. The minimum atomic E-state index is -0.554. The third-order valence-electron chi connectivity index (χ3n) is 4.80. The molecule has 0 aromatic carbocycles. The van der Waals surface area contributed by atoms with E-state index in [9.17, 15) is 10.2 Å². The van der Waals surface area contributed by atoms with Gasteiger partial charge in [0.25, 0.3) is 0 Å². The summed E-state index contributed by atoms with van der Waals surface area (Å²) in [5, 5.41) is 22.4. The minimum absolute atomic E-state index is 0.551. The highest BCUT2D eigenvalue weighted by Crippen LogP contribution is 2.13. The zero-order chi connectivity index (χ0) is 17.9. The largest absolute Gasteiger partial charge is 0.379 e. The molecule has 0 amide bonds. The number of rotatable bonds is 19. The maximum absolute atomic E-state index is 9.82. The first kappa shape index (κ1) is 23.9. The first-order chi connectivity index (χ1) is 11.7. The van der Waals surface area contributed by atoms with Gasteiger partial charge in [0.05, 0.1) is 0 Å². The van der Waals surface area contributed by atoms with Gasteiger partial charge in [-0.3, -0.25) is 5.32 Å². The molecular weight excluding hydrogens is 298 g/mol. The molecule has 0 heterocycles. The van der Waals surface area contributed by atoms with Crippen LogP contribution >= 0.6 is 0 Å². The third-order valence-corrected chi connectivity index (χ3v) is 4.80. The van der Waals surface area contributed by atoms with Crippen molar-refractivity contribution in [3.63, 3.8) is 0 Å². The summed E-state index contributed by atoms with van der Waals surface area (Å²) in [6.45, 7) is 4.38. The van der Waals surface area contributed by atoms with E-state index in [-0.39, 0.29) is 0 Å². The summed E-state index contributed by atoms with van der Waals surface area (Å²) in [5.74, 6) is 0. The summed E-state index contributed by atoms with van der Waals surface area (Å²) in [6, 6.07) is 0. The van der Waals surface area contributed by atoms with Crippen molar-refractivity contribution in [3.8, 4) is 0 Å². The Balaban J connectivity index is 3.19. The number of hydrogen-bond acceptors (Lipinski definition) is 3. The Labute approximate surface area is 151 Å². The van der Waals surface area contributed by atoms with E-state index in [1.165, 1.54) is 77.0 Å². The average molecular weight is 344 g/mol. The average Bonchev–Trinajstić information content (AvgIpc) is 2.57. The Bertz CT molecular complexity index is 236. The standard InChI is InChI=1S/C21H45NO2/c1-3-5-7-8-9-10-11-12-13-14-15-16-17-19-21(24)22-20(23)18-6-4-2/h20-24H,3-19H2,1-2H3. The van der Waals surface area contributed by atoms with Gasteiger partial charge in [-0.1, -0.05) is 97.3 Å². The monoisotopic (exact) mass is 343 g/mol. The van der Waals surface area contributed by atoms with Crippen LogP contribution in [0, 0.1) is 0 Å². The van der Waals surface area contributed by atoms with Gasteiger partial charge in [-0.15, -0.1) is 0 Å². The van der Waals surface area contributed by atoms with Gasteiger partial charge in [0.15, 0.2) is 0 Å². The molecule has 0 aliphatic carbocycles. The van der Waals surface area contributed by atoms with Crippen molar-refractivity contribution >= 4 is 0 Å². The number of aliphatic hydroxyl groups is 2. The molecule has 146 valence electrons. The number of nitrogens with one attached hydrogen (secondary N) is 1. The van der Waals surface area contributed by atoms with Crippen molar-refractivity contribution in [2.75, 3.05) is 0 Å². The van der Waals surface area contributed by atoms with Crippen molar-refractivity contribution in [1.82, 2.24) is 5.32 Å². The van der Waals surface area contributed by atoms with Crippen molar-refractivity contribution in [1.29, 1.82) is 0 Å². The van der Waals surface area contributed by atoms with E-state index in [4.69, 9.17) is 0 Å². The Morgan fingerprint density at radius 1 is 0.500 bits per heavy atom. The highest BCUT2D eigenvalue weighted by molar-refractivity contribution is 4.59. The summed E-state index contributed by atoms with van der Waals surface area (Å²) in [4.78, 5) is 0. The van der Waals surface area contributed by atoms with Crippen LogP contribution in [0.15, 0.2) is 0 Å². The molecule has 3 heteroatoms. The van der Waals surface area contributed by atoms with E-state index >= 15 is 0 Å². The molecule has 0 aliphatic heterocycles. The highest BCUT2D eigenvalue weighted by atomic mass is 16.3. The maximum Gasteiger partial charge on any atom is 0.106 e. The normalized spacial score (nSPS) is 14.0. The number of aliphatic hydroxyl groups excluding tert-OH is 2. The van der Waals surface area contributed by atoms with Gasteiger partial charge in [0, 0.05) is 0 Å². The van der Waals surface area contributed by atoms with Crippen molar-refractivity contribution < 1.29 is 10.2 Å². The molecule has 24 heavy (non-hydrogen) atoms. The molecule has 3 N–H and O–H groups in total. The highest BCUT2D eigenvalue weighted by Gasteiger charge is 2.09. The topological polar surface area (TPSA) is 52.5 Å². The quantitative estimate of drug-likeness (QED) is 0.203. The smallest absolute Gasteiger partial charge is 0.106 e. The molecule has 0 radical (unpaired) electrons. The molecule has 0 spiro atoms. The van der Waals surface area contributed by atoms with Crippen LogP contribution in [0.25, 0.3) is 0 Å². The molecule has 0 aliphatic rings. The van der Waals surface area contributed by atoms with Crippen LogP contribution in [0.5, 0.6) is 0 Å². The van der Waals surface area contributed by atoms with Crippen LogP contribution in [0.2, 0.25) is 0 Å². The zero-order valence-corrected chi connectivity index (χ0v) is 16.6. The van der Waals surface area contributed by atoms with Crippen molar-refractivity contribution in [2.24, 2.45) is 0 Å². The second kappa shape index (κ2) is 19.2. The third kappa shape index (κ3) is 18.2. The van der Waals surface area contributed by atoms with Gasteiger partial charge in [-0.05, 0) is 25.7 Å². The van der Waals surface area contributed by atoms with Crippen LogP contribution < -0.4 is 5.32 Å². The molecule has 0 bridgehead atoms. The first-order valence-electron chi connectivity index (χ1n) is 10.8. The number of unbranched alkanes of at least 4 members (excludes halogenated alkanes) is 13. The fourth-order valence-electron chi connectivity index (χ4n) is 3.14. The van der Waals surface area contributed by atoms with Crippen molar-refractivity contribution in [3.05, 3.63) is 0 Å². The summed E-state index contributed by atoms with van der Waals surface area (Å²) in [7, 11) is 0. The van der Waals surface area contributed by atoms with Gasteiger partial charge in [-0.2, -0.15) is 0 Å². The Kier molecular flexibility index (Phi) is 19.1. The second-order valence-corrected chi connectivity index (χ2v) is 7.37. The molecule has 0 saturated heterocycles. The van der Waals surface area contributed by atoms with Gasteiger partial charge >= 0.3 is 0 Å². The lowest BCUT2D eigenvalue weighted by Crippen LogP contribution is -2.38. The van der Waals surface area contributed by atoms with Crippen LogP contribution in [-0.2, 0) is 0 Å². The Hall–Kier alpha value is -0.120. The van der Waals surface area contributed by atoms with E-state index in [2.05, 4.69) is 19.2 Å². The summed E-state index contributed by atoms with van der Waals surface area (Å²) >= 11 is 0. The molecule has 0 aromatic rings. The lowest BCUT2D eigenvalue weighted by Gasteiger charge is -2.17. The number of hydrogen-bond donors (Lipinski definition) is 3. The predicted molar refractivity (Wildman–Crippen MR) is 105 cm³/mol. The minimum Gasteiger partial charge on any atom is -0.379 e. The molecule has 0 aromatic heterocycles. The van der Waals surface area contributed by atoms with E-state index in [1.54, 1.807) is 0 Å². The molecule has 0 fully saturated rings. The summed E-state index contributed by atoms with van der Waals surface area (Å²) < 4.78 is 0.